The van der Waals surface area contributed by atoms with Gasteiger partial charge >= 0.3 is 12.1 Å². The minimum Gasteiger partial charge on any atom is -0.479 e. The molecule has 0 bridgehead atoms. The molecular weight excluding hydrogens is 511 g/mol. The van der Waals surface area contributed by atoms with E-state index >= 15 is 0 Å². The number of aliphatic carboxylic acids is 1. The Hall–Kier alpha value is -4.99. The van der Waals surface area contributed by atoms with Crippen molar-refractivity contribution < 1.29 is 32.6 Å². The number of rotatable bonds is 3. The number of carbonyl (C=O) groups excluding carboxylic acids is 1. The molecule has 0 saturated heterocycles. The average molecular weight is 531 g/mol. The summed E-state index contributed by atoms with van der Waals surface area (Å²) >= 11 is 0. The van der Waals surface area contributed by atoms with Gasteiger partial charge < -0.3 is 15.2 Å². The van der Waals surface area contributed by atoms with Gasteiger partial charge in [0.25, 0.3) is 5.91 Å². The van der Waals surface area contributed by atoms with E-state index in [0.29, 0.717) is 12.1 Å². The summed E-state index contributed by atoms with van der Waals surface area (Å²) in [4.78, 5) is 30.7. The molecule has 0 spiro atoms. The molecule has 0 saturated carbocycles. The van der Waals surface area contributed by atoms with Gasteiger partial charge in [-0.05, 0) is 52.4 Å². The number of carbonyl (C=O) groups is 2. The Kier molecular flexibility index (Phi) is 6.84. The number of nitrogens with zero attached hydrogens (tertiary/aromatic N) is 2. The van der Waals surface area contributed by atoms with Crippen LogP contribution in [0.3, 0.4) is 0 Å². The Bertz CT molecular complexity index is 1690. The van der Waals surface area contributed by atoms with Gasteiger partial charge in [0.05, 0.1) is 11.2 Å². The predicted molar refractivity (Wildman–Crippen MR) is 139 cm³/mol. The van der Waals surface area contributed by atoms with Crippen LogP contribution in [0.4, 0.5) is 18.9 Å². The fraction of sp³-hybridized carbons (Fsp3) is 0.103. The highest BCUT2D eigenvalue weighted by Gasteiger charge is 2.38. The Morgan fingerprint density at radius 1 is 0.897 bits per heavy atom. The van der Waals surface area contributed by atoms with Crippen molar-refractivity contribution in [3.05, 3.63) is 97.0 Å². The van der Waals surface area contributed by atoms with Crippen LogP contribution in [-0.4, -0.2) is 39.2 Å². The molecule has 0 radical (unpaired) electrons. The zero-order valence-corrected chi connectivity index (χ0v) is 20.1. The normalized spacial score (nSPS) is 14.2. The number of fused-ring (bicyclic) bond motifs is 4. The number of alkyl halides is 3. The molecule has 196 valence electrons. The van der Waals surface area contributed by atoms with E-state index in [1.807, 2.05) is 54.6 Å². The van der Waals surface area contributed by atoms with E-state index in [1.165, 1.54) is 0 Å². The van der Waals surface area contributed by atoms with Crippen LogP contribution in [-0.2, 0) is 16.0 Å². The van der Waals surface area contributed by atoms with Crippen LogP contribution in [0.2, 0.25) is 0 Å². The van der Waals surface area contributed by atoms with Crippen LogP contribution < -0.4 is 10.1 Å². The largest absolute Gasteiger partial charge is 0.490 e. The summed E-state index contributed by atoms with van der Waals surface area (Å²) in [6.07, 6.45) is 0.128. The number of nitrogens with one attached hydrogen (secondary N) is 1. The highest BCUT2D eigenvalue weighted by atomic mass is 19.4. The zero-order valence-electron chi connectivity index (χ0n) is 20.1. The number of hydrogen-bond acceptors (Lipinski definition) is 5. The van der Waals surface area contributed by atoms with E-state index in [4.69, 9.17) is 14.6 Å². The predicted octanol–water partition coefficient (Wildman–Crippen LogP) is 6.03. The van der Waals surface area contributed by atoms with Gasteiger partial charge in [-0.2, -0.15) is 13.2 Å². The number of anilines is 1. The van der Waals surface area contributed by atoms with Crippen LogP contribution in [0.1, 0.15) is 5.56 Å². The number of hydrogen-bond donors (Lipinski definition) is 2. The molecule has 0 aliphatic carbocycles. The lowest BCUT2D eigenvalue weighted by Gasteiger charge is -2.14. The van der Waals surface area contributed by atoms with Gasteiger partial charge in [-0.15, -0.1) is 0 Å². The second-order valence-corrected chi connectivity index (χ2v) is 8.71. The molecule has 6 rings (SSSR count). The topological polar surface area (TPSA) is 101 Å². The number of benzene rings is 3. The van der Waals surface area contributed by atoms with Gasteiger partial charge in [0.15, 0.2) is 6.10 Å². The minimum atomic E-state index is -5.08. The van der Waals surface area contributed by atoms with Crippen molar-refractivity contribution in [2.24, 2.45) is 0 Å². The van der Waals surface area contributed by atoms with Crippen LogP contribution in [0.15, 0.2) is 91.4 Å². The SMILES string of the molecule is O=C(Nc1cc(-c2ccncc2)cc2cccnc12)C1Cc2ccc3ccccc3c2O1.O=C(O)C(F)(F)F. The first-order valence-electron chi connectivity index (χ1n) is 11.8. The van der Waals surface area contributed by atoms with Gasteiger partial charge in [0, 0.05) is 35.8 Å². The zero-order chi connectivity index (χ0) is 27.6. The number of carboxylic acid groups (broad SMARTS) is 1. The third-order valence-corrected chi connectivity index (χ3v) is 6.14. The Morgan fingerprint density at radius 3 is 2.36 bits per heavy atom. The Balaban J connectivity index is 0.000000392. The van der Waals surface area contributed by atoms with E-state index in [9.17, 15) is 18.0 Å². The Labute approximate surface area is 219 Å². The molecule has 10 heteroatoms. The van der Waals surface area contributed by atoms with Crippen LogP contribution >= 0.6 is 0 Å². The van der Waals surface area contributed by atoms with Crippen molar-refractivity contribution >= 4 is 39.2 Å². The molecule has 1 amide bonds. The maximum Gasteiger partial charge on any atom is 0.490 e. The van der Waals surface area contributed by atoms with Gasteiger partial charge in [-0.1, -0.05) is 42.5 Å². The molecule has 2 aromatic heterocycles. The highest BCUT2D eigenvalue weighted by molar-refractivity contribution is 6.04. The van der Waals surface area contributed by atoms with Crippen molar-refractivity contribution in [1.29, 1.82) is 0 Å². The first-order valence-corrected chi connectivity index (χ1v) is 11.8. The number of amides is 1. The number of halogens is 3. The lowest BCUT2D eigenvalue weighted by Crippen LogP contribution is -2.31. The lowest BCUT2D eigenvalue weighted by atomic mass is 10.0. The first kappa shape index (κ1) is 25.7. The van der Waals surface area contributed by atoms with Gasteiger partial charge in [0.2, 0.25) is 0 Å². The van der Waals surface area contributed by atoms with Crippen molar-refractivity contribution in [1.82, 2.24) is 9.97 Å². The second kappa shape index (κ2) is 10.4. The number of aromatic nitrogens is 2. The van der Waals surface area contributed by atoms with Crippen LogP contribution in [0.25, 0.3) is 32.8 Å². The van der Waals surface area contributed by atoms with Crippen LogP contribution in [0.5, 0.6) is 5.75 Å². The molecular formula is C29H20F3N3O4. The van der Waals surface area contributed by atoms with E-state index in [2.05, 4.69) is 33.5 Å². The van der Waals surface area contributed by atoms with Gasteiger partial charge in [-0.25, -0.2) is 4.79 Å². The summed E-state index contributed by atoms with van der Waals surface area (Å²) in [5.41, 5.74) is 4.49. The molecule has 1 atom stereocenters. The molecule has 3 aromatic carbocycles. The fourth-order valence-electron chi connectivity index (χ4n) is 4.33. The second-order valence-electron chi connectivity index (χ2n) is 8.71. The fourth-order valence-corrected chi connectivity index (χ4v) is 4.33. The summed E-state index contributed by atoms with van der Waals surface area (Å²) in [5, 5.41) is 13.3. The van der Waals surface area contributed by atoms with Crippen molar-refractivity contribution in [3.63, 3.8) is 0 Å². The molecule has 1 aliphatic rings. The van der Waals surface area contributed by atoms with E-state index < -0.39 is 18.2 Å². The van der Waals surface area contributed by atoms with Crippen molar-refractivity contribution in [2.75, 3.05) is 5.32 Å². The van der Waals surface area contributed by atoms with E-state index in [0.717, 1.165) is 44.1 Å². The molecule has 2 N–H and O–H groups in total. The highest BCUT2D eigenvalue weighted by Crippen LogP contribution is 2.37. The molecule has 5 aromatic rings. The maximum absolute atomic E-state index is 13.2. The number of ether oxygens (including phenoxy) is 1. The molecule has 1 unspecified atom stereocenters. The monoisotopic (exact) mass is 531 g/mol. The molecule has 3 heterocycles. The summed E-state index contributed by atoms with van der Waals surface area (Å²) < 4.78 is 37.9. The minimum absolute atomic E-state index is 0.177. The summed E-state index contributed by atoms with van der Waals surface area (Å²) in [7, 11) is 0. The van der Waals surface area contributed by atoms with Crippen LogP contribution in [0, 0.1) is 0 Å². The molecule has 7 nitrogen and oxygen atoms in total. The maximum atomic E-state index is 13.2. The van der Waals surface area contributed by atoms with Crippen molar-refractivity contribution in [3.8, 4) is 16.9 Å². The number of pyridine rings is 2. The van der Waals surface area contributed by atoms with Gasteiger partial charge in [-0.3, -0.25) is 14.8 Å². The molecule has 0 fully saturated rings. The smallest absolute Gasteiger partial charge is 0.479 e. The molecule has 1 aliphatic heterocycles. The lowest BCUT2D eigenvalue weighted by molar-refractivity contribution is -0.192. The number of carboxylic acids is 1. The average Bonchev–Trinajstić information content (AvgIpc) is 3.39. The Morgan fingerprint density at radius 2 is 1.62 bits per heavy atom. The van der Waals surface area contributed by atoms with Gasteiger partial charge in [0.1, 0.15) is 5.75 Å². The van der Waals surface area contributed by atoms with E-state index in [-0.39, 0.29) is 5.91 Å². The third kappa shape index (κ3) is 5.49. The molecule has 39 heavy (non-hydrogen) atoms. The summed E-state index contributed by atoms with van der Waals surface area (Å²) in [6, 6.07) is 24.0. The third-order valence-electron chi connectivity index (χ3n) is 6.14. The van der Waals surface area contributed by atoms with E-state index in [1.54, 1.807) is 18.6 Å². The summed E-state index contributed by atoms with van der Waals surface area (Å²) in [6.45, 7) is 0. The van der Waals surface area contributed by atoms with Crippen molar-refractivity contribution in [2.45, 2.75) is 18.7 Å². The first-order chi connectivity index (χ1) is 18.7. The standard InChI is InChI=1S/C27H19N3O2.C2HF3O2/c31-27(24-16-20-8-7-18-4-1-2-6-22(18)26(20)32-24)30-23-15-21(17-9-12-28-13-10-17)14-19-5-3-11-29-25(19)23;3-2(4,5)1(6)7/h1-15,24H,16H2,(H,30,31);(H,6,7). The quantitative estimate of drug-likeness (QED) is 0.295. The summed E-state index contributed by atoms with van der Waals surface area (Å²) in [5.74, 6) is -2.13.